The average Bonchev–Trinajstić information content (AvgIpc) is 1.97. The van der Waals surface area contributed by atoms with Crippen LogP contribution >= 0.6 is 27.5 Å². The summed E-state index contributed by atoms with van der Waals surface area (Å²) < 4.78 is 36.9. The maximum atomic E-state index is 12.5. The Bertz CT molecular complexity index is 274. The van der Waals surface area contributed by atoms with E-state index in [2.05, 4.69) is 15.9 Å². The highest BCUT2D eigenvalue weighted by Crippen LogP contribution is 2.29. The quantitative estimate of drug-likeness (QED) is 0.484. The smallest absolute Gasteiger partial charge is 0.174 e. The fourth-order valence-electron chi connectivity index (χ4n) is 0.544. The van der Waals surface area contributed by atoms with E-state index in [0.717, 1.165) is 0 Å². The molecular formula is C6HBrClF3. The van der Waals surface area contributed by atoms with Crippen molar-refractivity contribution in [3.05, 3.63) is 33.0 Å². The first-order valence-electron chi connectivity index (χ1n) is 2.52. The van der Waals surface area contributed by atoms with Gasteiger partial charge in [-0.15, -0.1) is 0 Å². The fourth-order valence-corrected chi connectivity index (χ4v) is 1.06. The second-order valence-electron chi connectivity index (χ2n) is 1.78. The van der Waals surface area contributed by atoms with Crippen LogP contribution in [0.15, 0.2) is 10.5 Å². The number of hydrogen-bond donors (Lipinski definition) is 0. The highest BCUT2D eigenvalue weighted by molar-refractivity contribution is 9.10. The molecule has 0 bridgehead atoms. The van der Waals surface area contributed by atoms with Crippen LogP contribution in [-0.4, -0.2) is 0 Å². The number of rotatable bonds is 0. The molecule has 0 unspecified atom stereocenters. The van der Waals surface area contributed by atoms with Crippen molar-refractivity contribution in [3.8, 4) is 0 Å². The molecular weight excluding hydrogens is 244 g/mol. The summed E-state index contributed by atoms with van der Waals surface area (Å²) in [6.45, 7) is 0. The lowest BCUT2D eigenvalue weighted by Crippen LogP contribution is -1.89. The minimum absolute atomic E-state index is 0.391. The highest BCUT2D eigenvalue weighted by Gasteiger charge is 2.14. The normalized spacial score (nSPS) is 10.3. The van der Waals surface area contributed by atoms with E-state index in [1.165, 1.54) is 0 Å². The Hall–Kier alpha value is -0.220. The molecule has 1 rings (SSSR count). The van der Waals surface area contributed by atoms with Gasteiger partial charge in [-0.1, -0.05) is 11.6 Å². The monoisotopic (exact) mass is 244 g/mol. The van der Waals surface area contributed by atoms with Gasteiger partial charge in [0.05, 0.1) is 9.50 Å². The van der Waals surface area contributed by atoms with Crippen LogP contribution in [0.5, 0.6) is 0 Å². The van der Waals surface area contributed by atoms with Crippen molar-refractivity contribution in [2.45, 2.75) is 0 Å². The summed E-state index contributed by atoms with van der Waals surface area (Å²) in [7, 11) is 0. The molecule has 0 heterocycles. The number of halogens is 5. The Morgan fingerprint density at radius 3 is 2.27 bits per heavy atom. The van der Waals surface area contributed by atoms with Crippen molar-refractivity contribution < 1.29 is 13.2 Å². The van der Waals surface area contributed by atoms with Crippen molar-refractivity contribution in [2.24, 2.45) is 0 Å². The predicted octanol–water partition coefficient (Wildman–Crippen LogP) is 3.52. The van der Waals surface area contributed by atoms with Gasteiger partial charge in [-0.05, 0) is 15.9 Å². The Morgan fingerprint density at radius 2 is 1.73 bits per heavy atom. The second-order valence-corrected chi connectivity index (χ2v) is 2.95. The van der Waals surface area contributed by atoms with Gasteiger partial charge in [-0.25, -0.2) is 13.2 Å². The molecule has 0 saturated carbocycles. The number of benzene rings is 1. The standard InChI is InChI=1S/C6HBrClF3/c7-4-5(8)2(9)1-3(10)6(4)11/h1H. The molecule has 11 heavy (non-hydrogen) atoms. The Balaban J connectivity index is 3.46. The molecule has 0 spiro atoms. The molecule has 0 amide bonds. The molecule has 1 aromatic carbocycles. The Labute approximate surface area is 74.1 Å². The second kappa shape index (κ2) is 3.03. The third-order valence-electron chi connectivity index (χ3n) is 1.06. The van der Waals surface area contributed by atoms with E-state index in [0.29, 0.717) is 6.07 Å². The van der Waals surface area contributed by atoms with Crippen LogP contribution in [0.25, 0.3) is 0 Å². The highest BCUT2D eigenvalue weighted by atomic mass is 79.9. The molecule has 60 valence electrons. The van der Waals surface area contributed by atoms with Crippen LogP contribution < -0.4 is 0 Å². The molecule has 1 aromatic rings. The Morgan fingerprint density at radius 1 is 1.18 bits per heavy atom. The van der Waals surface area contributed by atoms with Gasteiger partial charge >= 0.3 is 0 Å². The van der Waals surface area contributed by atoms with E-state index in [9.17, 15) is 13.2 Å². The van der Waals surface area contributed by atoms with Crippen LogP contribution in [0.4, 0.5) is 13.2 Å². The zero-order valence-corrected chi connectivity index (χ0v) is 7.31. The van der Waals surface area contributed by atoms with E-state index in [4.69, 9.17) is 11.6 Å². The van der Waals surface area contributed by atoms with Crippen molar-refractivity contribution in [3.63, 3.8) is 0 Å². The zero-order valence-electron chi connectivity index (χ0n) is 4.97. The largest absolute Gasteiger partial charge is 0.205 e. The first-order chi connectivity index (χ1) is 5.04. The van der Waals surface area contributed by atoms with Crippen LogP contribution in [0.1, 0.15) is 0 Å². The summed E-state index contributed by atoms with van der Waals surface area (Å²) in [5, 5.41) is -0.455. The van der Waals surface area contributed by atoms with E-state index in [-0.39, 0.29) is 0 Å². The molecule has 0 aliphatic heterocycles. The van der Waals surface area contributed by atoms with Gasteiger partial charge in [0.1, 0.15) is 5.82 Å². The Kier molecular flexibility index (Phi) is 2.44. The first-order valence-corrected chi connectivity index (χ1v) is 3.69. The average molecular weight is 245 g/mol. The zero-order chi connectivity index (χ0) is 8.59. The van der Waals surface area contributed by atoms with Gasteiger partial charge in [0.15, 0.2) is 11.6 Å². The lowest BCUT2D eigenvalue weighted by atomic mass is 10.3. The van der Waals surface area contributed by atoms with Gasteiger partial charge in [0.2, 0.25) is 0 Å². The maximum absolute atomic E-state index is 12.5. The third-order valence-corrected chi connectivity index (χ3v) is 2.40. The third kappa shape index (κ3) is 1.51. The summed E-state index contributed by atoms with van der Waals surface area (Å²) in [6, 6.07) is 0.391. The number of hydrogen-bond acceptors (Lipinski definition) is 0. The molecule has 5 heteroatoms. The maximum Gasteiger partial charge on any atom is 0.174 e. The topological polar surface area (TPSA) is 0 Å². The van der Waals surface area contributed by atoms with Crippen molar-refractivity contribution in [2.75, 3.05) is 0 Å². The molecule has 0 aromatic heterocycles. The van der Waals surface area contributed by atoms with Gasteiger partial charge in [0.25, 0.3) is 0 Å². The first kappa shape index (κ1) is 8.87. The van der Waals surface area contributed by atoms with E-state index in [1.807, 2.05) is 0 Å². The molecule has 0 aliphatic rings. The SMILES string of the molecule is Fc1cc(F)c(Cl)c(Br)c1F. The molecule has 0 atom stereocenters. The lowest BCUT2D eigenvalue weighted by molar-refractivity contribution is 0.490. The van der Waals surface area contributed by atoms with Crippen LogP contribution in [-0.2, 0) is 0 Å². The molecule has 0 radical (unpaired) electrons. The van der Waals surface area contributed by atoms with E-state index in [1.54, 1.807) is 0 Å². The predicted molar refractivity (Wildman–Crippen MR) is 39.0 cm³/mol. The van der Waals surface area contributed by atoms with Crippen LogP contribution in [0.2, 0.25) is 5.02 Å². The minimum Gasteiger partial charge on any atom is -0.205 e. The van der Waals surface area contributed by atoms with Gasteiger partial charge in [-0.3, -0.25) is 0 Å². The molecule has 0 N–H and O–H groups in total. The van der Waals surface area contributed by atoms with Gasteiger partial charge < -0.3 is 0 Å². The molecule has 0 aliphatic carbocycles. The minimum atomic E-state index is -1.27. The molecule has 0 saturated heterocycles. The van der Waals surface area contributed by atoms with Crippen molar-refractivity contribution in [1.82, 2.24) is 0 Å². The van der Waals surface area contributed by atoms with E-state index < -0.39 is 26.9 Å². The van der Waals surface area contributed by atoms with Crippen molar-refractivity contribution >= 4 is 27.5 Å². The summed E-state index contributed by atoms with van der Waals surface area (Å²) in [5.41, 5.74) is 0. The summed E-state index contributed by atoms with van der Waals surface area (Å²) in [5.74, 6) is -3.44. The summed E-state index contributed by atoms with van der Waals surface area (Å²) >= 11 is 7.82. The van der Waals surface area contributed by atoms with Crippen LogP contribution in [0, 0.1) is 17.5 Å². The van der Waals surface area contributed by atoms with E-state index >= 15 is 0 Å². The lowest BCUT2D eigenvalue weighted by Gasteiger charge is -1.99. The van der Waals surface area contributed by atoms with Gasteiger partial charge in [-0.2, -0.15) is 0 Å². The van der Waals surface area contributed by atoms with Crippen LogP contribution in [0.3, 0.4) is 0 Å². The molecule has 0 nitrogen and oxygen atoms in total. The fraction of sp³-hybridized carbons (Fsp3) is 0. The summed E-state index contributed by atoms with van der Waals surface area (Å²) in [4.78, 5) is 0. The van der Waals surface area contributed by atoms with Gasteiger partial charge in [0, 0.05) is 6.07 Å². The summed E-state index contributed by atoms with van der Waals surface area (Å²) in [6.07, 6.45) is 0. The molecule has 0 fully saturated rings. The van der Waals surface area contributed by atoms with Crippen molar-refractivity contribution in [1.29, 1.82) is 0 Å².